The van der Waals surface area contributed by atoms with Crippen LogP contribution in [-0.4, -0.2) is 54.7 Å². The predicted molar refractivity (Wildman–Crippen MR) is 142 cm³/mol. The second-order valence-electron chi connectivity index (χ2n) is 9.69. The summed E-state index contributed by atoms with van der Waals surface area (Å²) in [5.74, 6) is -1.24. The Kier molecular flexibility index (Phi) is 10.1. The van der Waals surface area contributed by atoms with Crippen LogP contribution in [0.15, 0.2) is 42.5 Å². The van der Waals surface area contributed by atoms with Gasteiger partial charge in [0.25, 0.3) is 17.4 Å². The number of carbonyl (C=O) groups excluding carboxylic acids is 2. The van der Waals surface area contributed by atoms with Crippen LogP contribution >= 0.6 is 11.6 Å². The number of likely N-dealkylation sites (tertiary alicyclic amines) is 1. The summed E-state index contributed by atoms with van der Waals surface area (Å²) < 4.78 is 42.1. The summed E-state index contributed by atoms with van der Waals surface area (Å²) in [7, 11) is 1.54. The van der Waals surface area contributed by atoms with Crippen molar-refractivity contribution >= 4 is 29.1 Å². The second kappa shape index (κ2) is 12.8. The maximum Gasteiger partial charge on any atom is 0.430 e. The molecule has 2 aromatic rings. The summed E-state index contributed by atoms with van der Waals surface area (Å²) in [6, 6.07) is 10.7. The molecular formula is C28H35ClF3N3O3. The SMILES string of the molecule is CCc1cccc([C@](O)(C(=O)N2CCC(CCCCNc3ccc(C(=O)NC)c(Cl)c3)CC2)C(F)(F)F)c1. The third-order valence-electron chi connectivity index (χ3n) is 7.18. The number of amides is 2. The van der Waals surface area contributed by atoms with Crippen molar-refractivity contribution in [2.75, 3.05) is 32.0 Å². The van der Waals surface area contributed by atoms with Gasteiger partial charge in [0.2, 0.25) is 0 Å². The van der Waals surface area contributed by atoms with E-state index < -0.39 is 23.2 Å². The van der Waals surface area contributed by atoms with Crippen molar-refractivity contribution in [3.8, 4) is 0 Å². The highest BCUT2D eigenvalue weighted by Crippen LogP contribution is 2.41. The first kappa shape index (κ1) is 29.8. The maximum absolute atomic E-state index is 14.0. The van der Waals surface area contributed by atoms with Crippen LogP contribution in [0, 0.1) is 5.92 Å². The van der Waals surface area contributed by atoms with E-state index in [0.717, 1.165) is 35.9 Å². The number of hydrogen-bond acceptors (Lipinski definition) is 4. The summed E-state index contributed by atoms with van der Waals surface area (Å²) >= 11 is 6.17. The Hall–Kier alpha value is -2.78. The Morgan fingerprint density at radius 3 is 2.42 bits per heavy atom. The van der Waals surface area contributed by atoms with Crippen LogP contribution in [0.3, 0.4) is 0 Å². The highest BCUT2D eigenvalue weighted by atomic mass is 35.5. The number of aliphatic hydroxyl groups is 1. The molecule has 10 heteroatoms. The fourth-order valence-electron chi connectivity index (χ4n) is 4.81. The summed E-state index contributed by atoms with van der Waals surface area (Å²) in [5, 5.41) is 16.9. The Balaban J connectivity index is 1.48. The first-order valence-corrected chi connectivity index (χ1v) is 13.3. The van der Waals surface area contributed by atoms with Gasteiger partial charge in [-0.1, -0.05) is 55.6 Å². The molecule has 38 heavy (non-hydrogen) atoms. The Morgan fingerprint density at radius 1 is 1.11 bits per heavy atom. The number of anilines is 1. The third-order valence-corrected chi connectivity index (χ3v) is 7.50. The van der Waals surface area contributed by atoms with E-state index in [9.17, 15) is 27.9 Å². The summed E-state index contributed by atoms with van der Waals surface area (Å²) in [6.45, 7) is 2.88. The molecule has 0 unspecified atom stereocenters. The largest absolute Gasteiger partial charge is 0.430 e. The van der Waals surface area contributed by atoms with Gasteiger partial charge in [-0.2, -0.15) is 13.2 Å². The zero-order valence-electron chi connectivity index (χ0n) is 21.7. The van der Waals surface area contributed by atoms with Crippen LogP contribution in [0.25, 0.3) is 0 Å². The minimum absolute atomic E-state index is 0.184. The zero-order valence-corrected chi connectivity index (χ0v) is 22.5. The molecule has 0 radical (unpaired) electrons. The zero-order chi connectivity index (χ0) is 27.9. The van der Waals surface area contributed by atoms with Crippen LogP contribution in [0.1, 0.15) is 60.5 Å². The molecule has 1 fully saturated rings. The van der Waals surface area contributed by atoms with E-state index >= 15 is 0 Å². The van der Waals surface area contributed by atoms with Crippen LogP contribution in [0.5, 0.6) is 0 Å². The molecule has 208 valence electrons. The van der Waals surface area contributed by atoms with E-state index in [0.29, 0.717) is 47.9 Å². The van der Waals surface area contributed by atoms with E-state index in [-0.39, 0.29) is 19.0 Å². The highest BCUT2D eigenvalue weighted by molar-refractivity contribution is 6.34. The number of unbranched alkanes of at least 4 members (excludes halogenated alkanes) is 1. The van der Waals surface area contributed by atoms with Gasteiger partial charge in [0.15, 0.2) is 0 Å². The summed E-state index contributed by atoms with van der Waals surface area (Å²) in [5.41, 5.74) is -2.15. The molecule has 6 nitrogen and oxygen atoms in total. The number of halogens is 4. The topological polar surface area (TPSA) is 81.7 Å². The van der Waals surface area contributed by atoms with Gasteiger partial charge >= 0.3 is 6.18 Å². The molecule has 3 rings (SSSR count). The Bertz CT molecular complexity index is 1120. The van der Waals surface area contributed by atoms with Crippen molar-refractivity contribution in [3.63, 3.8) is 0 Å². The molecule has 0 saturated carbocycles. The average Bonchev–Trinajstić information content (AvgIpc) is 2.91. The number of carbonyl (C=O) groups is 2. The quantitative estimate of drug-likeness (QED) is 0.338. The van der Waals surface area contributed by atoms with E-state index in [4.69, 9.17) is 11.6 Å². The van der Waals surface area contributed by atoms with Crippen molar-refractivity contribution in [3.05, 3.63) is 64.2 Å². The van der Waals surface area contributed by atoms with E-state index in [1.165, 1.54) is 12.1 Å². The number of aryl methyl sites for hydroxylation is 1. The number of rotatable bonds is 10. The monoisotopic (exact) mass is 553 g/mol. The molecule has 1 atom stereocenters. The van der Waals surface area contributed by atoms with Gasteiger partial charge in [0.05, 0.1) is 10.6 Å². The fourth-order valence-corrected chi connectivity index (χ4v) is 5.08. The molecule has 1 aliphatic rings. The van der Waals surface area contributed by atoms with Crippen LogP contribution in [0.4, 0.5) is 18.9 Å². The number of piperidine rings is 1. The third kappa shape index (κ3) is 6.80. The van der Waals surface area contributed by atoms with Crippen molar-refractivity contribution in [1.82, 2.24) is 10.2 Å². The molecule has 1 saturated heterocycles. The molecule has 0 aromatic heterocycles. The normalized spacial score (nSPS) is 16.1. The van der Waals surface area contributed by atoms with Crippen molar-refractivity contribution in [2.45, 2.75) is 57.2 Å². The number of benzene rings is 2. The van der Waals surface area contributed by atoms with E-state index in [1.54, 1.807) is 38.2 Å². The standard InChI is InChI=1S/C28H35ClF3N3O3/c1-3-19-8-6-9-21(17-19)27(38,28(30,31)32)26(37)35-15-12-20(13-16-35)7-4-5-14-34-22-10-11-23(24(29)18-22)25(36)33-2/h6,8-11,17-18,20,34,38H,3-5,7,12-16H2,1-2H3,(H,33,36)/t27-/m0/s1. The van der Waals surface area contributed by atoms with Gasteiger partial charge in [-0.25, -0.2) is 0 Å². The molecule has 2 aromatic carbocycles. The van der Waals surface area contributed by atoms with Crippen molar-refractivity contribution in [2.24, 2.45) is 5.92 Å². The number of alkyl halides is 3. The first-order valence-electron chi connectivity index (χ1n) is 12.9. The molecule has 0 bridgehead atoms. The lowest BCUT2D eigenvalue weighted by Gasteiger charge is -2.38. The lowest BCUT2D eigenvalue weighted by Crippen LogP contribution is -2.57. The molecule has 2 amide bonds. The number of nitrogens with one attached hydrogen (secondary N) is 2. The lowest BCUT2D eigenvalue weighted by atomic mass is 9.87. The minimum atomic E-state index is -5.13. The molecule has 3 N–H and O–H groups in total. The fraction of sp³-hybridized carbons (Fsp3) is 0.500. The minimum Gasteiger partial charge on any atom is -0.385 e. The molecule has 0 spiro atoms. The molecule has 1 aliphatic heterocycles. The van der Waals surface area contributed by atoms with Gasteiger partial charge in [0, 0.05) is 37.9 Å². The first-order chi connectivity index (χ1) is 18.0. The average molecular weight is 554 g/mol. The Labute approximate surface area is 226 Å². The van der Waals surface area contributed by atoms with E-state index in [1.807, 2.05) is 0 Å². The summed E-state index contributed by atoms with van der Waals surface area (Å²) in [4.78, 5) is 25.9. The molecular weight excluding hydrogens is 519 g/mol. The van der Waals surface area contributed by atoms with Crippen molar-refractivity contribution in [1.29, 1.82) is 0 Å². The highest BCUT2D eigenvalue weighted by Gasteiger charge is 2.62. The van der Waals surface area contributed by atoms with Gasteiger partial charge in [-0.05, 0) is 55.4 Å². The van der Waals surface area contributed by atoms with Gasteiger partial charge in [-0.15, -0.1) is 0 Å². The van der Waals surface area contributed by atoms with Gasteiger partial charge < -0.3 is 20.6 Å². The second-order valence-corrected chi connectivity index (χ2v) is 10.1. The Morgan fingerprint density at radius 2 is 1.82 bits per heavy atom. The van der Waals surface area contributed by atoms with Crippen molar-refractivity contribution < 1.29 is 27.9 Å². The maximum atomic E-state index is 14.0. The number of hydrogen-bond donors (Lipinski definition) is 3. The van der Waals surface area contributed by atoms with Gasteiger partial charge in [0.1, 0.15) is 0 Å². The summed E-state index contributed by atoms with van der Waals surface area (Å²) in [6.07, 6.45) is -0.733. The van der Waals surface area contributed by atoms with Crippen LogP contribution in [-0.2, 0) is 16.8 Å². The van der Waals surface area contributed by atoms with Crippen LogP contribution < -0.4 is 10.6 Å². The number of nitrogens with zero attached hydrogens (tertiary/aromatic N) is 1. The predicted octanol–water partition coefficient (Wildman–Crippen LogP) is 5.53. The molecule has 1 heterocycles. The van der Waals surface area contributed by atoms with E-state index in [2.05, 4.69) is 10.6 Å². The van der Waals surface area contributed by atoms with Gasteiger partial charge in [-0.3, -0.25) is 9.59 Å². The van der Waals surface area contributed by atoms with Crippen LogP contribution in [0.2, 0.25) is 5.02 Å². The molecule has 0 aliphatic carbocycles. The smallest absolute Gasteiger partial charge is 0.385 e. The lowest BCUT2D eigenvalue weighted by molar-refractivity contribution is -0.262.